The number of allylic oxidation sites excluding steroid dienone is 9. The van der Waals surface area contributed by atoms with Gasteiger partial charge in [-0.15, -0.1) is 0 Å². The molecule has 0 radical (unpaired) electrons. The highest BCUT2D eigenvalue weighted by Gasteiger charge is 2.26. The molecule has 0 aliphatic carbocycles. The third-order valence-electron chi connectivity index (χ3n) is 10.5. The zero-order chi connectivity index (χ0) is 43.2. The van der Waals surface area contributed by atoms with Gasteiger partial charge in [-0.25, -0.2) is 4.57 Å². The first-order valence-corrected chi connectivity index (χ1v) is 25.9. The lowest BCUT2D eigenvalue weighted by Gasteiger charge is -2.23. The number of aliphatic hydroxyl groups excluding tert-OH is 1. The third kappa shape index (κ3) is 44.1. The Bertz CT molecular complexity index is 1110. The van der Waals surface area contributed by atoms with Crippen molar-refractivity contribution >= 4 is 13.7 Å². The van der Waals surface area contributed by atoms with Crippen molar-refractivity contribution in [3.05, 3.63) is 60.8 Å². The van der Waals surface area contributed by atoms with Gasteiger partial charge in [0.25, 0.3) is 0 Å². The average molecular weight is 849 g/mol. The summed E-state index contributed by atoms with van der Waals surface area (Å²) in [6, 6.07) is -0.887. The lowest BCUT2D eigenvalue weighted by atomic mass is 10.0. The minimum atomic E-state index is -4.36. The van der Waals surface area contributed by atoms with E-state index < -0.39 is 20.0 Å². The van der Waals surface area contributed by atoms with Crippen molar-refractivity contribution in [2.45, 2.75) is 231 Å². The van der Waals surface area contributed by atoms with E-state index >= 15 is 0 Å². The van der Waals surface area contributed by atoms with Crippen LogP contribution >= 0.6 is 7.82 Å². The monoisotopic (exact) mass is 849 g/mol. The molecule has 59 heavy (non-hydrogen) atoms. The lowest BCUT2D eigenvalue weighted by Crippen LogP contribution is -2.45. The molecule has 1 amide bonds. The van der Waals surface area contributed by atoms with Gasteiger partial charge in [0.05, 0.1) is 25.4 Å². The Morgan fingerprint density at radius 1 is 0.559 bits per heavy atom. The van der Waals surface area contributed by atoms with E-state index in [1.54, 1.807) is 6.08 Å². The molecule has 8 nitrogen and oxygen atoms in total. The molecule has 0 aliphatic rings. The second-order valence-electron chi connectivity index (χ2n) is 16.3. The largest absolute Gasteiger partial charge is 0.472 e. The van der Waals surface area contributed by atoms with E-state index in [1.807, 2.05) is 6.08 Å². The second-order valence-corrected chi connectivity index (χ2v) is 17.7. The molecule has 0 aromatic carbocycles. The maximum Gasteiger partial charge on any atom is 0.472 e. The molecule has 0 saturated carbocycles. The van der Waals surface area contributed by atoms with Gasteiger partial charge in [-0.3, -0.25) is 13.8 Å². The molecule has 3 unspecified atom stereocenters. The number of carbonyl (C=O) groups is 1. The molecule has 0 saturated heterocycles. The van der Waals surface area contributed by atoms with Crippen molar-refractivity contribution in [1.82, 2.24) is 5.32 Å². The van der Waals surface area contributed by atoms with E-state index in [1.165, 1.54) is 148 Å². The highest BCUT2D eigenvalue weighted by atomic mass is 31.2. The fourth-order valence-electron chi connectivity index (χ4n) is 6.84. The number of nitrogens with one attached hydrogen (secondary N) is 1. The Balaban J connectivity index is 4.18. The first-order chi connectivity index (χ1) is 28.9. The van der Waals surface area contributed by atoms with Crippen LogP contribution in [0, 0.1) is 0 Å². The number of aliphatic hydroxyl groups is 1. The standard InChI is InChI=1S/C50H93N2O6P/c1-3-5-7-9-11-13-15-17-19-21-22-23-24-25-26-28-30-32-34-36-38-40-42-44-50(54)52-48(47-58-59(55,56)57-46-45-51)49(53)43-41-39-37-35-33-31-29-27-20-18-16-14-12-10-8-6-4-2/h15,17,20-22,27,33,35,41,43,48-49,53H,3-14,16,18-19,23-26,28-32,34,36-40,42,44-47,51H2,1-2H3,(H,52,54)(H,55,56)/b17-15-,22-21-,27-20+,35-33+,43-41+. The summed E-state index contributed by atoms with van der Waals surface area (Å²) >= 11 is 0. The molecule has 9 heteroatoms. The first kappa shape index (κ1) is 57.2. The van der Waals surface area contributed by atoms with Crippen molar-refractivity contribution in [1.29, 1.82) is 0 Å². The summed E-state index contributed by atoms with van der Waals surface area (Å²) < 4.78 is 22.2. The first-order valence-electron chi connectivity index (χ1n) is 24.4. The smallest absolute Gasteiger partial charge is 0.387 e. The lowest BCUT2D eigenvalue weighted by molar-refractivity contribution is -0.123. The Kier molecular flexibility index (Phi) is 44.3. The number of hydrogen-bond acceptors (Lipinski definition) is 6. The Hall–Kier alpha value is -1.80. The SMILES string of the molecule is CCCCCCC/C=C\C/C=C\CCCCCCCCCCCCCC(=O)NC(COP(=O)(O)OCCN)C(O)/C=C/CC/C=C/CC/C=C/CCCCCCCCC. The topological polar surface area (TPSA) is 131 Å². The van der Waals surface area contributed by atoms with Gasteiger partial charge in [-0.2, -0.15) is 0 Å². The molecule has 0 fully saturated rings. The van der Waals surface area contributed by atoms with Crippen LogP contribution in [0.25, 0.3) is 0 Å². The molecular formula is C50H93N2O6P. The molecule has 0 rings (SSSR count). The van der Waals surface area contributed by atoms with Crippen LogP contribution in [0.3, 0.4) is 0 Å². The van der Waals surface area contributed by atoms with Crippen LogP contribution in [0.1, 0.15) is 219 Å². The van der Waals surface area contributed by atoms with E-state index in [4.69, 9.17) is 14.8 Å². The van der Waals surface area contributed by atoms with E-state index in [0.717, 1.165) is 51.4 Å². The Morgan fingerprint density at radius 3 is 1.41 bits per heavy atom. The molecule has 0 aromatic heterocycles. The zero-order valence-electron chi connectivity index (χ0n) is 38.2. The van der Waals surface area contributed by atoms with Crippen LogP contribution in [0.2, 0.25) is 0 Å². The molecule has 0 aromatic rings. The number of carbonyl (C=O) groups excluding carboxylic acids is 1. The van der Waals surface area contributed by atoms with Crippen LogP contribution in [-0.2, 0) is 18.4 Å². The van der Waals surface area contributed by atoms with E-state index in [0.29, 0.717) is 6.42 Å². The molecule has 5 N–H and O–H groups in total. The minimum Gasteiger partial charge on any atom is -0.387 e. The summed E-state index contributed by atoms with van der Waals surface area (Å²) in [4.78, 5) is 22.8. The van der Waals surface area contributed by atoms with Crippen molar-refractivity contribution in [3.63, 3.8) is 0 Å². The highest BCUT2D eigenvalue weighted by Crippen LogP contribution is 2.43. The number of phosphoric ester groups is 1. The number of unbranched alkanes of at least 4 members (excludes halogenated alkanes) is 25. The van der Waals surface area contributed by atoms with Gasteiger partial charge in [0.2, 0.25) is 5.91 Å². The second kappa shape index (κ2) is 45.7. The number of amides is 1. The van der Waals surface area contributed by atoms with E-state index in [2.05, 4.69) is 67.8 Å². The molecule has 0 spiro atoms. The third-order valence-corrected chi connectivity index (χ3v) is 11.5. The van der Waals surface area contributed by atoms with Crippen molar-refractivity contribution < 1.29 is 28.4 Å². The molecule has 0 heterocycles. The van der Waals surface area contributed by atoms with Gasteiger partial charge in [-0.1, -0.05) is 197 Å². The zero-order valence-corrected chi connectivity index (χ0v) is 39.1. The number of rotatable bonds is 45. The molecular weight excluding hydrogens is 756 g/mol. The number of nitrogens with two attached hydrogens (primary N) is 1. The predicted octanol–water partition coefficient (Wildman–Crippen LogP) is 14.2. The summed E-state index contributed by atoms with van der Waals surface area (Å²) in [6.07, 6.45) is 58.5. The van der Waals surface area contributed by atoms with Crippen molar-refractivity contribution in [3.8, 4) is 0 Å². The quantitative estimate of drug-likeness (QED) is 0.0273. The fraction of sp³-hybridized carbons (Fsp3) is 0.780. The Morgan fingerprint density at radius 2 is 0.949 bits per heavy atom. The van der Waals surface area contributed by atoms with Crippen molar-refractivity contribution in [2.24, 2.45) is 5.73 Å². The van der Waals surface area contributed by atoms with Crippen molar-refractivity contribution in [2.75, 3.05) is 19.8 Å². The summed E-state index contributed by atoms with van der Waals surface area (Å²) in [7, 11) is -4.36. The minimum absolute atomic E-state index is 0.0696. The average Bonchev–Trinajstić information content (AvgIpc) is 3.22. The maximum absolute atomic E-state index is 12.8. The fourth-order valence-corrected chi connectivity index (χ4v) is 7.60. The van der Waals surface area contributed by atoms with E-state index in [9.17, 15) is 19.4 Å². The summed E-state index contributed by atoms with van der Waals surface area (Å²) in [5.41, 5.74) is 5.38. The maximum atomic E-state index is 12.8. The van der Waals surface area contributed by atoms with Gasteiger partial charge >= 0.3 is 7.82 Å². The highest BCUT2D eigenvalue weighted by molar-refractivity contribution is 7.47. The molecule has 3 atom stereocenters. The molecule has 0 aliphatic heterocycles. The summed E-state index contributed by atoms with van der Waals surface area (Å²) in [5, 5.41) is 13.7. The van der Waals surface area contributed by atoms with Gasteiger partial charge in [-0.05, 0) is 77.0 Å². The predicted molar refractivity (Wildman–Crippen MR) is 254 cm³/mol. The molecule has 0 bridgehead atoms. The van der Waals surface area contributed by atoms with Gasteiger partial charge in [0.1, 0.15) is 0 Å². The summed E-state index contributed by atoms with van der Waals surface area (Å²) in [5.74, 6) is -0.211. The number of phosphoric acid groups is 1. The van der Waals surface area contributed by atoms with Crippen LogP contribution in [0.4, 0.5) is 0 Å². The van der Waals surface area contributed by atoms with E-state index in [-0.39, 0.29) is 25.7 Å². The van der Waals surface area contributed by atoms with Crippen LogP contribution in [-0.4, -0.2) is 47.8 Å². The van der Waals surface area contributed by atoms with Gasteiger partial charge < -0.3 is 21.1 Å². The van der Waals surface area contributed by atoms with Crippen LogP contribution < -0.4 is 11.1 Å². The molecule has 344 valence electrons. The number of hydrogen-bond donors (Lipinski definition) is 4. The van der Waals surface area contributed by atoms with Crippen LogP contribution in [0.15, 0.2) is 60.8 Å². The van der Waals surface area contributed by atoms with Gasteiger partial charge in [0.15, 0.2) is 0 Å². The normalized spacial score (nSPS) is 14.5. The summed E-state index contributed by atoms with van der Waals surface area (Å²) in [6.45, 7) is 4.09. The van der Waals surface area contributed by atoms with Gasteiger partial charge in [0, 0.05) is 13.0 Å². The Labute approximate surface area is 364 Å². The van der Waals surface area contributed by atoms with Crippen LogP contribution in [0.5, 0.6) is 0 Å².